The molecule has 1 amide bonds. The van der Waals surface area contributed by atoms with Crippen molar-refractivity contribution in [2.75, 3.05) is 5.32 Å². The molecule has 4 rings (SSSR count). The molecule has 1 unspecified atom stereocenters. The van der Waals surface area contributed by atoms with Crippen LogP contribution in [0.2, 0.25) is 0 Å². The lowest BCUT2D eigenvalue weighted by atomic mass is 10.1. The third-order valence-corrected chi connectivity index (χ3v) is 5.73. The van der Waals surface area contributed by atoms with Gasteiger partial charge in [0.1, 0.15) is 5.25 Å². The molecule has 3 aromatic carbocycles. The first kappa shape index (κ1) is 18.3. The van der Waals surface area contributed by atoms with Gasteiger partial charge in [0.15, 0.2) is 5.16 Å². The SMILES string of the molecule is Cc1ccc(C)c(NC(=O)C(Sc2nc3ccccc3[nH]2)c2ccccc2)c1. The summed E-state index contributed by atoms with van der Waals surface area (Å²) in [6.07, 6.45) is 0. The molecule has 0 saturated heterocycles. The zero-order chi connectivity index (χ0) is 19.5. The van der Waals surface area contributed by atoms with Crippen molar-refractivity contribution in [2.24, 2.45) is 0 Å². The lowest BCUT2D eigenvalue weighted by molar-refractivity contribution is -0.115. The minimum absolute atomic E-state index is 0.0645. The maximum atomic E-state index is 13.2. The van der Waals surface area contributed by atoms with Crippen molar-refractivity contribution in [3.63, 3.8) is 0 Å². The quantitative estimate of drug-likeness (QED) is 0.435. The number of carbonyl (C=O) groups excluding carboxylic acids is 1. The molecule has 1 heterocycles. The van der Waals surface area contributed by atoms with Crippen LogP contribution in [0.5, 0.6) is 0 Å². The second kappa shape index (κ2) is 7.90. The van der Waals surface area contributed by atoms with Crippen LogP contribution in [0.15, 0.2) is 78.0 Å². The number of imidazole rings is 1. The van der Waals surface area contributed by atoms with Gasteiger partial charge in [0.2, 0.25) is 5.91 Å². The average Bonchev–Trinajstić information content (AvgIpc) is 3.12. The van der Waals surface area contributed by atoms with E-state index < -0.39 is 5.25 Å². The van der Waals surface area contributed by atoms with E-state index in [0.717, 1.165) is 38.6 Å². The molecular formula is C23H21N3OS. The molecular weight excluding hydrogens is 366 g/mol. The van der Waals surface area contributed by atoms with Gasteiger partial charge >= 0.3 is 0 Å². The van der Waals surface area contributed by atoms with E-state index in [-0.39, 0.29) is 5.91 Å². The number of benzene rings is 3. The predicted molar refractivity (Wildman–Crippen MR) is 116 cm³/mol. The van der Waals surface area contributed by atoms with Gasteiger partial charge in [0, 0.05) is 5.69 Å². The van der Waals surface area contributed by atoms with Gasteiger partial charge < -0.3 is 10.3 Å². The molecule has 1 atom stereocenters. The standard InChI is InChI=1S/C23H21N3OS/c1-15-12-13-16(2)20(14-15)24-22(27)21(17-8-4-3-5-9-17)28-23-25-18-10-6-7-11-19(18)26-23/h3-14,21H,1-2H3,(H,24,27)(H,25,26). The highest BCUT2D eigenvalue weighted by Crippen LogP contribution is 2.36. The number of aromatic amines is 1. The number of thioether (sulfide) groups is 1. The Kier molecular flexibility index (Phi) is 5.17. The van der Waals surface area contributed by atoms with Crippen LogP contribution in [0, 0.1) is 13.8 Å². The van der Waals surface area contributed by atoms with Crippen molar-refractivity contribution in [3.05, 3.63) is 89.5 Å². The van der Waals surface area contributed by atoms with Gasteiger partial charge in [-0.25, -0.2) is 4.98 Å². The number of aryl methyl sites for hydroxylation is 2. The van der Waals surface area contributed by atoms with E-state index >= 15 is 0 Å². The Bertz CT molecular complexity index is 1090. The van der Waals surface area contributed by atoms with E-state index in [1.165, 1.54) is 11.8 Å². The Balaban J connectivity index is 1.65. The first-order valence-corrected chi connectivity index (χ1v) is 10.0. The third kappa shape index (κ3) is 3.94. The van der Waals surface area contributed by atoms with E-state index in [1.54, 1.807) is 0 Å². The van der Waals surface area contributed by atoms with Crippen LogP contribution in [-0.4, -0.2) is 15.9 Å². The zero-order valence-electron chi connectivity index (χ0n) is 15.8. The fourth-order valence-corrected chi connectivity index (χ4v) is 4.07. The van der Waals surface area contributed by atoms with Crippen molar-refractivity contribution in [2.45, 2.75) is 24.3 Å². The van der Waals surface area contributed by atoms with Crippen LogP contribution >= 0.6 is 11.8 Å². The monoisotopic (exact) mass is 387 g/mol. The normalized spacial score (nSPS) is 12.1. The average molecular weight is 388 g/mol. The molecule has 4 aromatic rings. The molecule has 0 spiro atoms. The van der Waals surface area contributed by atoms with Gasteiger partial charge in [-0.15, -0.1) is 0 Å². The van der Waals surface area contributed by atoms with Crippen LogP contribution in [0.25, 0.3) is 11.0 Å². The highest BCUT2D eigenvalue weighted by Gasteiger charge is 2.24. The summed E-state index contributed by atoms with van der Waals surface area (Å²) in [5.41, 5.74) is 5.80. The number of aromatic nitrogens is 2. The van der Waals surface area contributed by atoms with Crippen molar-refractivity contribution >= 4 is 34.4 Å². The van der Waals surface area contributed by atoms with Gasteiger partial charge in [-0.1, -0.05) is 66.4 Å². The molecule has 140 valence electrons. The molecule has 0 aliphatic carbocycles. The van der Waals surface area contributed by atoms with Crippen molar-refractivity contribution < 1.29 is 4.79 Å². The number of carbonyl (C=O) groups is 1. The topological polar surface area (TPSA) is 57.8 Å². The highest BCUT2D eigenvalue weighted by atomic mass is 32.2. The number of rotatable bonds is 5. The van der Waals surface area contributed by atoms with Crippen molar-refractivity contribution in [1.29, 1.82) is 0 Å². The maximum Gasteiger partial charge on any atom is 0.242 e. The molecule has 0 saturated carbocycles. The fourth-order valence-electron chi connectivity index (χ4n) is 3.07. The van der Waals surface area contributed by atoms with Crippen molar-refractivity contribution in [3.8, 4) is 0 Å². The van der Waals surface area contributed by atoms with Crippen LogP contribution in [-0.2, 0) is 4.79 Å². The Morgan fingerprint density at radius 3 is 2.54 bits per heavy atom. The first-order valence-electron chi connectivity index (χ1n) is 9.14. The molecule has 0 aliphatic rings. The number of anilines is 1. The van der Waals surface area contributed by atoms with Gasteiger partial charge in [0.05, 0.1) is 11.0 Å². The summed E-state index contributed by atoms with van der Waals surface area (Å²) in [4.78, 5) is 21.2. The highest BCUT2D eigenvalue weighted by molar-refractivity contribution is 8.00. The second-order valence-corrected chi connectivity index (χ2v) is 7.87. The summed E-state index contributed by atoms with van der Waals surface area (Å²) in [5.74, 6) is -0.0645. The molecule has 0 aliphatic heterocycles. The van der Waals surface area contributed by atoms with Crippen LogP contribution in [0.4, 0.5) is 5.69 Å². The Morgan fingerprint density at radius 2 is 1.75 bits per heavy atom. The fraction of sp³-hybridized carbons (Fsp3) is 0.130. The smallest absolute Gasteiger partial charge is 0.242 e. The number of hydrogen-bond donors (Lipinski definition) is 2. The summed E-state index contributed by atoms with van der Waals surface area (Å²) >= 11 is 1.43. The molecule has 5 heteroatoms. The van der Waals surface area contributed by atoms with Gasteiger partial charge in [-0.2, -0.15) is 0 Å². The number of nitrogens with zero attached hydrogens (tertiary/aromatic N) is 1. The Labute approximate surface area is 168 Å². The summed E-state index contributed by atoms with van der Waals surface area (Å²) in [6, 6.07) is 23.7. The largest absolute Gasteiger partial charge is 0.333 e. The van der Waals surface area contributed by atoms with Crippen LogP contribution < -0.4 is 5.32 Å². The van der Waals surface area contributed by atoms with Crippen molar-refractivity contribution in [1.82, 2.24) is 9.97 Å². The molecule has 4 nitrogen and oxygen atoms in total. The summed E-state index contributed by atoms with van der Waals surface area (Å²) < 4.78 is 0. The maximum absolute atomic E-state index is 13.2. The van der Waals surface area contributed by atoms with E-state index in [2.05, 4.69) is 15.3 Å². The van der Waals surface area contributed by atoms with Gasteiger partial charge in [-0.3, -0.25) is 4.79 Å². The molecule has 0 fully saturated rings. The van der Waals surface area contributed by atoms with Crippen LogP contribution in [0.1, 0.15) is 21.9 Å². The number of fused-ring (bicyclic) bond motifs is 1. The predicted octanol–water partition coefficient (Wildman–Crippen LogP) is 5.65. The van der Waals surface area contributed by atoms with Gasteiger partial charge in [0.25, 0.3) is 0 Å². The first-order chi connectivity index (χ1) is 13.6. The molecule has 0 bridgehead atoms. The van der Waals surface area contributed by atoms with E-state index in [1.807, 2.05) is 86.6 Å². The van der Waals surface area contributed by atoms with E-state index in [0.29, 0.717) is 0 Å². The lowest BCUT2D eigenvalue weighted by Gasteiger charge is -2.17. The zero-order valence-corrected chi connectivity index (χ0v) is 16.6. The number of hydrogen-bond acceptors (Lipinski definition) is 3. The summed E-state index contributed by atoms with van der Waals surface area (Å²) in [6.45, 7) is 4.02. The number of amides is 1. The third-order valence-electron chi connectivity index (χ3n) is 4.59. The Morgan fingerprint density at radius 1 is 1.00 bits per heavy atom. The summed E-state index contributed by atoms with van der Waals surface area (Å²) in [7, 11) is 0. The number of para-hydroxylation sites is 2. The molecule has 2 N–H and O–H groups in total. The second-order valence-electron chi connectivity index (χ2n) is 6.78. The molecule has 0 radical (unpaired) electrons. The summed E-state index contributed by atoms with van der Waals surface area (Å²) in [5, 5.41) is 3.42. The van der Waals surface area contributed by atoms with Gasteiger partial charge in [-0.05, 0) is 48.7 Å². The number of H-pyrrole nitrogens is 1. The minimum atomic E-state index is -0.415. The van der Waals surface area contributed by atoms with E-state index in [4.69, 9.17) is 0 Å². The number of nitrogens with one attached hydrogen (secondary N) is 2. The van der Waals surface area contributed by atoms with Crippen LogP contribution in [0.3, 0.4) is 0 Å². The molecule has 28 heavy (non-hydrogen) atoms. The Hall–Kier alpha value is -3.05. The minimum Gasteiger partial charge on any atom is -0.333 e. The van der Waals surface area contributed by atoms with E-state index in [9.17, 15) is 4.79 Å². The molecule has 1 aromatic heterocycles. The lowest BCUT2D eigenvalue weighted by Crippen LogP contribution is -2.19.